The van der Waals surface area contributed by atoms with Crippen LogP contribution in [0.1, 0.15) is 19.8 Å². The van der Waals surface area contributed by atoms with Crippen LogP contribution in [0, 0.1) is 0 Å². The molecule has 0 unspecified atom stereocenters. The second kappa shape index (κ2) is 7.20. The Balaban J connectivity index is 2.89. The molecule has 0 aliphatic heterocycles. The first-order valence-electron chi connectivity index (χ1n) is 5.95. The number of hydrogen-bond acceptors (Lipinski definition) is 4. The largest absolute Gasteiger partial charge is 0.497 e. The topological polar surface area (TPSA) is 75.6 Å². The Morgan fingerprint density at radius 2 is 2.16 bits per heavy atom. The van der Waals surface area contributed by atoms with Crippen molar-refractivity contribution in [1.82, 2.24) is 0 Å². The van der Waals surface area contributed by atoms with Gasteiger partial charge in [0.25, 0.3) is 0 Å². The fourth-order valence-corrected chi connectivity index (χ4v) is 1.49. The van der Waals surface area contributed by atoms with Crippen LogP contribution in [0.3, 0.4) is 0 Å². The maximum absolute atomic E-state index is 11.5. The van der Waals surface area contributed by atoms with E-state index in [0.29, 0.717) is 24.3 Å². The molecule has 5 heteroatoms. The zero-order valence-corrected chi connectivity index (χ0v) is 11.0. The van der Waals surface area contributed by atoms with Crippen LogP contribution in [-0.2, 0) is 9.59 Å². The van der Waals surface area contributed by atoms with Crippen molar-refractivity contribution in [3.63, 3.8) is 0 Å². The summed E-state index contributed by atoms with van der Waals surface area (Å²) in [6.45, 7) is 1.86. The maximum Gasteiger partial charge on any atom is 0.352 e. The number of methoxy groups -OCH3 is 1. The fraction of sp³-hybridized carbons (Fsp3) is 0.286. The van der Waals surface area contributed by atoms with E-state index in [4.69, 9.17) is 9.84 Å². The van der Waals surface area contributed by atoms with Gasteiger partial charge in [0.15, 0.2) is 5.78 Å². The highest BCUT2D eigenvalue weighted by Crippen LogP contribution is 2.18. The van der Waals surface area contributed by atoms with E-state index in [1.54, 1.807) is 24.3 Å². The molecule has 102 valence electrons. The van der Waals surface area contributed by atoms with Crippen LogP contribution in [0.5, 0.6) is 5.75 Å². The van der Waals surface area contributed by atoms with Crippen LogP contribution in [-0.4, -0.2) is 24.0 Å². The molecule has 0 saturated carbocycles. The number of hydrogen-bond donors (Lipinski definition) is 2. The van der Waals surface area contributed by atoms with Gasteiger partial charge in [0, 0.05) is 24.3 Å². The molecule has 0 fully saturated rings. The number of anilines is 1. The van der Waals surface area contributed by atoms with Crippen molar-refractivity contribution < 1.29 is 19.4 Å². The molecule has 0 aromatic heterocycles. The molecule has 0 heterocycles. The molecular formula is C14H17NO4. The van der Waals surface area contributed by atoms with Gasteiger partial charge in [-0.05, 0) is 18.6 Å². The zero-order chi connectivity index (χ0) is 14.3. The van der Waals surface area contributed by atoms with Gasteiger partial charge in [-0.1, -0.05) is 13.0 Å². The number of allylic oxidation sites excluding steroid dienone is 1. The van der Waals surface area contributed by atoms with Crippen LogP contribution < -0.4 is 10.1 Å². The van der Waals surface area contributed by atoms with E-state index in [1.807, 2.05) is 6.92 Å². The molecule has 0 aliphatic rings. The van der Waals surface area contributed by atoms with Crippen molar-refractivity contribution in [3.8, 4) is 5.75 Å². The highest BCUT2D eigenvalue weighted by atomic mass is 16.5. The summed E-state index contributed by atoms with van der Waals surface area (Å²) in [6.07, 6.45) is 2.13. The predicted molar refractivity (Wildman–Crippen MR) is 72.3 cm³/mol. The minimum Gasteiger partial charge on any atom is -0.497 e. The molecule has 0 radical (unpaired) electrons. The van der Waals surface area contributed by atoms with E-state index in [9.17, 15) is 9.59 Å². The molecule has 1 aromatic rings. The average molecular weight is 263 g/mol. The first kappa shape index (κ1) is 14.8. The summed E-state index contributed by atoms with van der Waals surface area (Å²) in [6, 6.07) is 6.83. The smallest absolute Gasteiger partial charge is 0.352 e. The maximum atomic E-state index is 11.5. The fourth-order valence-electron chi connectivity index (χ4n) is 1.49. The predicted octanol–water partition coefficient (Wildman–Crippen LogP) is 2.44. The third-order valence-corrected chi connectivity index (χ3v) is 2.38. The zero-order valence-electron chi connectivity index (χ0n) is 11.0. The molecule has 0 spiro atoms. The first-order valence-corrected chi connectivity index (χ1v) is 5.95. The summed E-state index contributed by atoms with van der Waals surface area (Å²) in [5.74, 6) is -0.780. The van der Waals surface area contributed by atoms with Crippen LogP contribution >= 0.6 is 0 Å². The normalized spacial score (nSPS) is 10.9. The quantitative estimate of drug-likeness (QED) is 0.739. The lowest BCUT2D eigenvalue weighted by Crippen LogP contribution is -2.12. The van der Waals surface area contributed by atoms with Gasteiger partial charge in [0.1, 0.15) is 11.4 Å². The number of carbonyl (C=O) groups excluding carboxylic acids is 1. The van der Waals surface area contributed by atoms with Crippen LogP contribution in [0.15, 0.2) is 36.0 Å². The Morgan fingerprint density at radius 3 is 2.74 bits per heavy atom. The number of aliphatic carboxylic acids is 1. The molecule has 1 aromatic carbocycles. The Morgan fingerprint density at radius 1 is 1.42 bits per heavy atom. The number of benzene rings is 1. The van der Waals surface area contributed by atoms with Crippen molar-refractivity contribution in [3.05, 3.63) is 36.0 Å². The van der Waals surface area contributed by atoms with Gasteiger partial charge in [-0.3, -0.25) is 4.79 Å². The van der Waals surface area contributed by atoms with Gasteiger partial charge >= 0.3 is 5.97 Å². The summed E-state index contributed by atoms with van der Waals surface area (Å²) in [5.41, 5.74) is 0.406. The molecule has 2 N–H and O–H groups in total. The molecule has 1 rings (SSSR count). The third kappa shape index (κ3) is 4.83. The van der Waals surface area contributed by atoms with E-state index >= 15 is 0 Å². The minimum absolute atomic E-state index is 0.147. The summed E-state index contributed by atoms with van der Waals surface area (Å²) in [7, 11) is 1.53. The molecule has 0 amide bonds. The number of nitrogens with one attached hydrogen (secondary N) is 1. The molecular weight excluding hydrogens is 246 g/mol. The summed E-state index contributed by atoms with van der Waals surface area (Å²) in [5, 5.41) is 11.8. The van der Waals surface area contributed by atoms with E-state index in [2.05, 4.69) is 5.32 Å². The van der Waals surface area contributed by atoms with Crippen LogP contribution in [0.4, 0.5) is 5.69 Å². The summed E-state index contributed by atoms with van der Waals surface area (Å²) in [4.78, 5) is 22.6. The lowest BCUT2D eigenvalue weighted by Gasteiger charge is -2.08. The van der Waals surface area contributed by atoms with Gasteiger partial charge in [-0.25, -0.2) is 4.79 Å². The van der Waals surface area contributed by atoms with Crippen LogP contribution in [0.25, 0.3) is 0 Å². The lowest BCUT2D eigenvalue weighted by atomic mass is 10.2. The van der Waals surface area contributed by atoms with Gasteiger partial charge in [0.05, 0.1) is 7.11 Å². The van der Waals surface area contributed by atoms with Crippen molar-refractivity contribution in [2.24, 2.45) is 0 Å². The Labute approximate surface area is 111 Å². The van der Waals surface area contributed by atoms with E-state index in [0.717, 1.165) is 6.08 Å². The number of ketones is 1. The number of ether oxygens (including phenoxy) is 1. The Hall–Kier alpha value is -2.30. The van der Waals surface area contributed by atoms with E-state index < -0.39 is 5.97 Å². The van der Waals surface area contributed by atoms with Gasteiger partial charge in [0.2, 0.25) is 0 Å². The average Bonchev–Trinajstić information content (AvgIpc) is 2.38. The number of rotatable bonds is 7. The van der Waals surface area contributed by atoms with Crippen molar-refractivity contribution in [2.45, 2.75) is 19.8 Å². The van der Waals surface area contributed by atoms with Crippen LogP contribution in [0.2, 0.25) is 0 Å². The molecule has 0 atom stereocenters. The third-order valence-electron chi connectivity index (χ3n) is 2.38. The standard InChI is InChI=1S/C14H17NO4/c1-3-5-11(16)9-13(14(17)18)15-10-6-4-7-12(8-10)19-2/h4,6-9,15H,3,5H2,1-2H3,(H,17,18). The van der Waals surface area contributed by atoms with E-state index in [1.165, 1.54) is 7.11 Å². The highest BCUT2D eigenvalue weighted by Gasteiger charge is 2.10. The number of carbonyl (C=O) groups is 2. The summed E-state index contributed by atoms with van der Waals surface area (Å²) < 4.78 is 5.04. The second-order valence-electron chi connectivity index (χ2n) is 3.94. The van der Waals surface area contributed by atoms with E-state index in [-0.39, 0.29) is 11.5 Å². The van der Waals surface area contributed by atoms with Crippen molar-refractivity contribution in [2.75, 3.05) is 12.4 Å². The van der Waals surface area contributed by atoms with Crippen molar-refractivity contribution >= 4 is 17.4 Å². The Bertz CT molecular complexity index is 494. The second-order valence-corrected chi connectivity index (χ2v) is 3.94. The van der Waals surface area contributed by atoms with Crippen molar-refractivity contribution in [1.29, 1.82) is 0 Å². The minimum atomic E-state index is -1.17. The molecule has 5 nitrogen and oxygen atoms in total. The summed E-state index contributed by atoms with van der Waals surface area (Å²) >= 11 is 0. The van der Waals surface area contributed by atoms with Gasteiger partial charge in [-0.15, -0.1) is 0 Å². The molecule has 19 heavy (non-hydrogen) atoms. The number of carboxylic acids is 1. The monoisotopic (exact) mass is 263 g/mol. The highest BCUT2D eigenvalue weighted by molar-refractivity contribution is 6.00. The van der Waals surface area contributed by atoms with Gasteiger partial charge < -0.3 is 15.2 Å². The number of carboxylic acid groups (broad SMARTS) is 1. The molecule has 0 aliphatic carbocycles. The van der Waals surface area contributed by atoms with Gasteiger partial charge in [-0.2, -0.15) is 0 Å². The lowest BCUT2D eigenvalue weighted by molar-refractivity contribution is -0.132. The Kier molecular flexibility index (Phi) is 5.60. The first-order chi connectivity index (χ1) is 9.06. The SMILES string of the molecule is CCCC(=O)C=C(Nc1cccc(OC)c1)C(=O)O. The molecule has 0 saturated heterocycles. The molecule has 0 bridgehead atoms.